The van der Waals surface area contributed by atoms with Crippen LogP contribution in [0.3, 0.4) is 0 Å². The molecule has 0 unspecified atom stereocenters. The molecule has 1 aromatic carbocycles. The third-order valence-electron chi connectivity index (χ3n) is 3.22. The van der Waals surface area contributed by atoms with Crippen LogP contribution in [0, 0.1) is 25.2 Å². The number of hydrogen-bond acceptors (Lipinski definition) is 5. The predicted octanol–water partition coefficient (Wildman–Crippen LogP) is 3.08. The summed E-state index contributed by atoms with van der Waals surface area (Å²) in [6.07, 6.45) is 0. The molecule has 1 amide bonds. The highest BCUT2D eigenvalue weighted by Crippen LogP contribution is 2.32. The molecule has 0 saturated carbocycles. The molecule has 2 rings (SSSR count). The number of methoxy groups -OCH3 is 1. The van der Waals surface area contributed by atoms with Crippen LogP contribution in [-0.4, -0.2) is 13.0 Å². The number of hydrogen-bond donors (Lipinski definition) is 2. The third kappa shape index (κ3) is 2.83. The Morgan fingerprint density at radius 2 is 2.14 bits per heavy atom. The fourth-order valence-corrected chi connectivity index (χ4v) is 2.88. The third-order valence-corrected chi connectivity index (χ3v) is 4.34. The zero-order chi connectivity index (χ0) is 15.6. The molecule has 1 heterocycles. The number of rotatable bonds is 3. The average molecular weight is 301 g/mol. The molecule has 108 valence electrons. The summed E-state index contributed by atoms with van der Waals surface area (Å²) < 4.78 is 5.10. The SMILES string of the molecule is COc1cc(C(=O)Nc2sc(C)c(C)c2C#N)ccc1N. The minimum absolute atomic E-state index is 0.300. The van der Waals surface area contributed by atoms with Gasteiger partial charge in [-0.2, -0.15) is 5.26 Å². The van der Waals surface area contributed by atoms with Crippen molar-refractivity contribution in [2.24, 2.45) is 0 Å². The van der Waals surface area contributed by atoms with Crippen LogP contribution in [0.25, 0.3) is 0 Å². The van der Waals surface area contributed by atoms with Crippen LogP contribution in [0.1, 0.15) is 26.4 Å². The van der Waals surface area contributed by atoms with Gasteiger partial charge in [-0.05, 0) is 37.6 Å². The van der Waals surface area contributed by atoms with Crippen LogP contribution < -0.4 is 15.8 Å². The lowest BCUT2D eigenvalue weighted by molar-refractivity contribution is 0.102. The number of carbonyl (C=O) groups is 1. The van der Waals surface area contributed by atoms with Gasteiger partial charge in [-0.1, -0.05) is 0 Å². The van der Waals surface area contributed by atoms with Crippen LogP contribution in [-0.2, 0) is 0 Å². The van der Waals surface area contributed by atoms with E-state index in [-0.39, 0.29) is 5.91 Å². The molecule has 5 nitrogen and oxygen atoms in total. The van der Waals surface area contributed by atoms with E-state index in [1.54, 1.807) is 18.2 Å². The highest BCUT2D eigenvalue weighted by molar-refractivity contribution is 7.16. The Labute approximate surface area is 127 Å². The Bertz CT molecular complexity index is 744. The van der Waals surface area contributed by atoms with Crippen molar-refractivity contribution >= 4 is 27.9 Å². The van der Waals surface area contributed by atoms with Crippen molar-refractivity contribution in [3.05, 3.63) is 39.8 Å². The summed E-state index contributed by atoms with van der Waals surface area (Å²) in [5.41, 5.74) is 8.02. The first-order valence-corrected chi connectivity index (χ1v) is 7.04. The van der Waals surface area contributed by atoms with E-state index in [2.05, 4.69) is 11.4 Å². The lowest BCUT2D eigenvalue weighted by Crippen LogP contribution is -2.12. The van der Waals surface area contributed by atoms with E-state index in [1.165, 1.54) is 18.4 Å². The molecule has 0 aliphatic rings. The van der Waals surface area contributed by atoms with Gasteiger partial charge in [-0.3, -0.25) is 4.79 Å². The van der Waals surface area contributed by atoms with Crippen molar-refractivity contribution in [1.29, 1.82) is 5.26 Å². The summed E-state index contributed by atoms with van der Waals surface area (Å²) in [4.78, 5) is 13.3. The summed E-state index contributed by atoms with van der Waals surface area (Å²) in [7, 11) is 1.49. The number of aryl methyl sites for hydroxylation is 1. The molecule has 0 spiro atoms. The zero-order valence-electron chi connectivity index (χ0n) is 12.0. The molecule has 1 aromatic heterocycles. The van der Waals surface area contributed by atoms with Crippen molar-refractivity contribution < 1.29 is 9.53 Å². The number of ether oxygens (including phenoxy) is 1. The van der Waals surface area contributed by atoms with Gasteiger partial charge >= 0.3 is 0 Å². The van der Waals surface area contributed by atoms with E-state index in [0.717, 1.165) is 10.4 Å². The Hall–Kier alpha value is -2.52. The normalized spacial score (nSPS) is 10.0. The molecule has 3 N–H and O–H groups in total. The molecular weight excluding hydrogens is 286 g/mol. The first-order chi connectivity index (χ1) is 9.97. The molecule has 0 bridgehead atoms. The number of thiophene rings is 1. The standard InChI is InChI=1S/C15H15N3O2S/c1-8-9(2)21-15(11(8)7-16)18-14(19)10-4-5-12(17)13(6-10)20-3/h4-6H,17H2,1-3H3,(H,18,19). The topological polar surface area (TPSA) is 88.1 Å². The maximum absolute atomic E-state index is 12.3. The number of benzene rings is 1. The summed E-state index contributed by atoms with van der Waals surface area (Å²) >= 11 is 1.39. The average Bonchev–Trinajstić information content (AvgIpc) is 2.73. The van der Waals surface area contributed by atoms with Gasteiger partial charge in [0, 0.05) is 10.4 Å². The van der Waals surface area contributed by atoms with Crippen LogP contribution in [0.2, 0.25) is 0 Å². The molecular formula is C15H15N3O2S. The van der Waals surface area contributed by atoms with E-state index in [0.29, 0.717) is 27.6 Å². The minimum Gasteiger partial charge on any atom is -0.495 e. The number of nitrogens with zero attached hydrogens (tertiary/aromatic N) is 1. The maximum atomic E-state index is 12.3. The highest BCUT2D eigenvalue weighted by Gasteiger charge is 2.16. The quantitative estimate of drug-likeness (QED) is 0.853. The van der Waals surface area contributed by atoms with Gasteiger partial charge in [0.1, 0.15) is 16.8 Å². The van der Waals surface area contributed by atoms with Gasteiger partial charge in [-0.25, -0.2) is 0 Å². The summed E-state index contributed by atoms with van der Waals surface area (Å²) in [6, 6.07) is 6.93. The second-order valence-corrected chi connectivity index (χ2v) is 5.73. The summed E-state index contributed by atoms with van der Waals surface area (Å²) in [5.74, 6) is 0.146. The first-order valence-electron chi connectivity index (χ1n) is 6.23. The Kier molecular flexibility index (Phi) is 4.15. The number of amides is 1. The molecule has 0 atom stereocenters. The molecule has 21 heavy (non-hydrogen) atoms. The summed E-state index contributed by atoms with van der Waals surface area (Å²) in [5, 5.41) is 12.5. The maximum Gasteiger partial charge on any atom is 0.256 e. The van der Waals surface area contributed by atoms with Crippen LogP contribution in [0.15, 0.2) is 18.2 Å². The molecule has 0 radical (unpaired) electrons. The van der Waals surface area contributed by atoms with Gasteiger partial charge in [0.2, 0.25) is 0 Å². The van der Waals surface area contributed by atoms with Gasteiger partial charge in [0.05, 0.1) is 18.4 Å². The monoisotopic (exact) mass is 301 g/mol. The van der Waals surface area contributed by atoms with E-state index in [1.807, 2.05) is 13.8 Å². The number of anilines is 2. The van der Waals surface area contributed by atoms with Crippen LogP contribution in [0.5, 0.6) is 5.75 Å². The van der Waals surface area contributed by atoms with Crippen molar-refractivity contribution in [1.82, 2.24) is 0 Å². The molecule has 0 saturated heterocycles. The van der Waals surface area contributed by atoms with Crippen LogP contribution >= 0.6 is 11.3 Å². The zero-order valence-corrected chi connectivity index (χ0v) is 12.8. The number of nitrogens with one attached hydrogen (secondary N) is 1. The second-order valence-electron chi connectivity index (χ2n) is 4.51. The summed E-state index contributed by atoms with van der Waals surface area (Å²) in [6.45, 7) is 3.79. The highest BCUT2D eigenvalue weighted by atomic mass is 32.1. The molecule has 0 fully saturated rings. The molecule has 0 aliphatic carbocycles. The van der Waals surface area contributed by atoms with E-state index >= 15 is 0 Å². The molecule has 6 heteroatoms. The number of carbonyl (C=O) groups excluding carboxylic acids is 1. The van der Waals surface area contributed by atoms with Crippen LogP contribution in [0.4, 0.5) is 10.7 Å². The van der Waals surface area contributed by atoms with Crippen molar-refractivity contribution in [2.45, 2.75) is 13.8 Å². The Balaban J connectivity index is 2.31. The fraction of sp³-hybridized carbons (Fsp3) is 0.200. The van der Waals surface area contributed by atoms with Crippen molar-refractivity contribution in [3.8, 4) is 11.8 Å². The van der Waals surface area contributed by atoms with Crippen molar-refractivity contribution in [3.63, 3.8) is 0 Å². The molecule has 0 aliphatic heterocycles. The first kappa shape index (κ1) is 14.9. The fourth-order valence-electron chi connectivity index (χ4n) is 1.88. The van der Waals surface area contributed by atoms with Gasteiger partial charge in [0.25, 0.3) is 5.91 Å². The number of nitriles is 1. The Morgan fingerprint density at radius 3 is 2.76 bits per heavy atom. The van der Waals surface area contributed by atoms with E-state index in [4.69, 9.17) is 10.5 Å². The minimum atomic E-state index is -0.300. The van der Waals surface area contributed by atoms with Gasteiger partial charge in [-0.15, -0.1) is 11.3 Å². The van der Waals surface area contributed by atoms with E-state index < -0.39 is 0 Å². The lowest BCUT2D eigenvalue weighted by atomic mass is 10.1. The second kappa shape index (κ2) is 5.85. The van der Waals surface area contributed by atoms with E-state index in [9.17, 15) is 10.1 Å². The number of nitrogens with two attached hydrogens (primary N) is 1. The van der Waals surface area contributed by atoms with Gasteiger partial charge in [0.15, 0.2) is 0 Å². The predicted molar refractivity (Wildman–Crippen MR) is 83.9 cm³/mol. The lowest BCUT2D eigenvalue weighted by Gasteiger charge is -2.07. The number of nitrogen functional groups attached to an aromatic ring is 1. The largest absolute Gasteiger partial charge is 0.495 e. The van der Waals surface area contributed by atoms with Crippen molar-refractivity contribution in [2.75, 3.05) is 18.2 Å². The molecule has 2 aromatic rings. The van der Waals surface area contributed by atoms with Gasteiger partial charge < -0.3 is 15.8 Å². The Morgan fingerprint density at radius 1 is 1.43 bits per heavy atom. The smallest absolute Gasteiger partial charge is 0.256 e.